The molecular weight excluding hydrogens is 280 g/mol. The van der Waals surface area contributed by atoms with Crippen molar-refractivity contribution in [3.8, 4) is 0 Å². The second kappa shape index (κ2) is 6.04. The van der Waals surface area contributed by atoms with Gasteiger partial charge in [0, 0.05) is 6.20 Å². The van der Waals surface area contributed by atoms with Crippen LogP contribution < -0.4 is 9.44 Å². The number of methoxy groups -OCH3 is 2. The quantitative estimate of drug-likeness (QED) is 0.671. The van der Waals surface area contributed by atoms with Crippen LogP contribution in [0.4, 0.5) is 10.5 Å². The molecule has 0 aliphatic carbocycles. The van der Waals surface area contributed by atoms with Gasteiger partial charge in [-0.25, -0.2) is 9.52 Å². The third kappa shape index (κ3) is 4.83. The largest absolute Gasteiger partial charge is 0.468 e. The third-order valence-electron chi connectivity index (χ3n) is 1.81. The van der Waals surface area contributed by atoms with E-state index in [9.17, 15) is 18.0 Å². The fourth-order valence-electron chi connectivity index (χ4n) is 1.03. The summed E-state index contributed by atoms with van der Waals surface area (Å²) >= 11 is 0. The highest BCUT2D eigenvalue weighted by atomic mass is 32.2. The van der Waals surface area contributed by atoms with Gasteiger partial charge in [-0.3, -0.25) is 14.2 Å². The number of nitrogens with zero attached hydrogens (tertiary/aromatic N) is 2. The number of nitrogens with one attached hydrogen (secondary N) is 2. The Balaban J connectivity index is 2.67. The molecular formula is C8H12N4O6S. The molecule has 0 saturated carbocycles. The number of carbonyl (C=O) groups excluding carboxylic acids is 2. The third-order valence-corrected chi connectivity index (χ3v) is 2.75. The summed E-state index contributed by atoms with van der Waals surface area (Å²) in [5.41, 5.74) is 0.0697. The minimum Gasteiger partial charge on any atom is -0.468 e. The summed E-state index contributed by atoms with van der Waals surface area (Å²) in [5, 5.41) is 3.73. The number of aromatic nitrogens is 2. The highest BCUT2D eigenvalue weighted by Crippen LogP contribution is 2.06. The molecule has 1 amide bonds. The number of ether oxygens (including phenoxy) is 2. The van der Waals surface area contributed by atoms with Gasteiger partial charge < -0.3 is 9.47 Å². The van der Waals surface area contributed by atoms with Crippen LogP contribution in [-0.2, 0) is 31.0 Å². The maximum atomic E-state index is 11.4. The summed E-state index contributed by atoms with van der Waals surface area (Å²) in [6.07, 6.45) is 1.29. The molecule has 0 bridgehead atoms. The number of esters is 1. The predicted molar refractivity (Wildman–Crippen MR) is 62.3 cm³/mol. The fraction of sp³-hybridized carbons (Fsp3) is 0.375. The Morgan fingerprint density at radius 1 is 1.37 bits per heavy atom. The second-order valence-electron chi connectivity index (χ2n) is 3.20. The van der Waals surface area contributed by atoms with Crippen molar-refractivity contribution in [2.45, 2.75) is 6.54 Å². The summed E-state index contributed by atoms with van der Waals surface area (Å²) in [6.45, 7) is -0.164. The smallest absolute Gasteiger partial charge is 0.422 e. The highest BCUT2D eigenvalue weighted by molar-refractivity contribution is 7.91. The van der Waals surface area contributed by atoms with E-state index in [4.69, 9.17) is 0 Å². The van der Waals surface area contributed by atoms with Gasteiger partial charge in [0.1, 0.15) is 6.54 Å². The van der Waals surface area contributed by atoms with Crippen LogP contribution in [0.3, 0.4) is 0 Å². The zero-order valence-electron chi connectivity index (χ0n) is 10.1. The van der Waals surface area contributed by atoms with Crippen molar-refractivity contribution in [1.82, 2.24) is 14.5 Å². The first-order valence-electron chi connectivity index (χ1n) is 4.84. The number of carbonyl (C=O) groups is 2. The Morgan fingerprint density at radius 2 is 2.05 bits per heavy atom. The van der Waals surface area contributed by atoms with Gasteiger partial charge in [-0.1, -0.05) is 0 Å². The van der Waals surface area contributed by atoms with Crippen LogP contribution in [0.25, 0.3) is 0 Å². The minimum absolute atomic E-state index is 0.0697. The number of amides is 1. The molecule has 106 valence electrons. The van der Waals surface area contributed by atoms with Crippen LogP contribution in [0.2, 0.25) is 0 Å². The molecule has 1 rings (SSSR count). The Morgan fingerprint density at radius 3 is 2.63 bits per heavy atom. The standard InChI is InChI=1S/C8H12N4O6S/c1-17-7(13)5-12-4-6(3-9-12)10-19(15,16)11-8(14)18-2/h3-4,10H,5H2,1-2H3,(H,11,14). The molecule has 0 aliphatic rings. The lowest BCUT2D eigenvalue weighted by atomic mass is 10.6. The average molecular weight is 292 g/mol. The summed E-state index contributed by atoms with van der Waals surface area (Å²) in [5.74, 6) is -0.537. The molecule has 0 spiro atoms. The Hall–Kier alpha value is -2.30. The summed E-state index contributed by atoms with van der Waals surface area (Å²) in [4.78, 5) is 21.7. The highest BCUT2D eigenvalue weighted by Gasteiger charge is 2.15. The molecule has 0 aliphatic heterocycles. The molecule has 0 aromatic carbocycles. The number of rotatable bonds is 5. The van der Waals surface area contributed by atoms with Crippen LogP contribution >= 0.6 is 0 Å². The fourth-order valence-corrected chi connectivity index (χ4v) is 1.80. The first-order chi connectivity index (χ1) is 8.86. The predicted octanol–water partition coefficient (Wildman–Crippen LogP) is -0.931. The van der Waals surface area contributed by atoms with Crippen molar-refractivity contribution in [2.75, 3.05) is 18.9 Å². The van der Waals surface area contributed by atoms with Crippen molar-refractivity contribution in [1.29, 1.82) is 0 Å². The van der Waals surface area contributed by atoms with E-state index in [1.807, 2.05) is 4.72 Å². The molecule has 0 atom stereocenters. The number of hydrogen-bond donors (Lipinski definition) is 2. The zero-order valence-corrected chi connectivity index (χ0v) is 10.9. The van der Waals surface area contributed by atoms with Gasteiger partial charge >= 0.3 is 22.3 Å². The molecule has 0 saturated heterocycles. The lowest BCUT2D eigenvalue weighted by molar-refractivity contribution is -0.141. The molecule has 0 fully saturated rings. The lowest BCUT2D eigenvalue weighted by Crippen LogP contribution is -2.35. The summed E-state index contributed by atoms with van der Waals surface area (Å²) in [6, 6.07) is 0. The average Bonchev–Trinajstić information content (AvgIpc) is 2.74. The summed E-state index contributed by atoms with van der Waals surface area (Å²) < 4.78 is 36.2. The Bertz CT molecular complexity index is 566. The van der Waals surface area contributed by atoms with E-state index >= 15 is 0 Å². The molecule has 2 N–H and O–H groups in total. The molecule has 1 aromatic rings. The van der Waals surface area contributed by atoms with Gasteiger partial charge in [-0.2, -0.15) is 13.5 Å². The van der Waals surface area contributed by atoms with Gasteiger partial charge in [0.25, 0.3) is 0 Å². The zero-order chi connectivity index (χ0) is 14.5. The van der Waals surface area contributed by atoms with Crippen molar-refractivity contribution >= 4 is 28.0 Å². The molecule has 19 heavy (non-hydrogen) atoms. The number of hydrogen-bond acceptors (Lipinski definition) is 7. The first-order valence-corrected chi connectivity index (χ1v) is 6.32. The Kier molecular flexibility index (Phi) is 4.69. The topological polar surface area (TPSA) is 129 Å². The van der Waals surface area contributed by atoms with Gasteiger partial charge in [0.05, 0.1) is 26.1 Å². The van der Waals surface area contributed by atoms with Gasteiger partial charge in [-0.15, -0.1) is 0 Å². The van der Waals surface area contributed by atoms with Crippen LogP contribution in [0.15, 0.2) is 12.4 Å². The summed E-state index contributed by atoms with van der Waals surface area (Å²) in [7, 11) is -1.87. The van der Waals surface area contributed by atoms with Crippen LogP contribution in [0.1, 0.15) is 0 Å². The van der Waals surface area contributed by atoms with Gasteiger partial charge in [-0.05, 0) is 0 Å². The van der Waals surface area contributed by atoms with Crippen molar-refractivity contribution in [2.24, 2.45) is 0 Å². The van der Waals surface area contributed by atoms with Crippen molar-refractivity contribution in [3.63, 3.8) is 0 Å². The van der Waals surface area contributed by atoms with Gasteiger partial charge in [0.2, 0.25) is 0 Å². The van der Waals surface area contributed by atoms with E-state index in [1.54, 1.807) is 4.72 Å². The maximum Gasteiger partial charge on any atom is 0.422 e. The Labute approximate surface area is 108 Å². The SMILES string of the molecule is COC(=O)Cn1cc(NS(=O)(=O)NC(=O)OC)cn1. The van der Waals surface area contributed by atoms with E-state index in [0.29, 0.717) is 0 Å². The van der Waals surface area contributed by atoms with E-state index in [1.165, 1.54) is 24.2 Å². The van der Waals surface area contributed by atoms with Crippen LogP contribution in [0, 0.1) is 0 Å². The van der Waals surface area contributed by atoms with E-state index in [2.05, 4.69) is 14.6 Å². The maximum absolute atomic E-state index is 11.4. The lowest BCUT2D eigenvalue weighted by Gasteiger charge is -2.05. The van der Waals surface area contributed by atoms with E-state index < -0.39 is 22.3 Å². The monoisotopic (exact) mass is 292 g/mol. The normalized spacial score (nSPS) is 10.6. The number of anilines is 1. The minimum atomic E-state index is -4.11. The van der Waals surface area contributed by atoms with Crippen LogP contribution in [0.5, 0.6) is 0 Å². The molecule has 0 radical (unpaired) electrons. The second-order valence-corrected chi connectivity index (χ2v) is 4.62. The van der Waals surface area contributed by atoms with E-state index in [-0.39, 0.29) is 12.2 Å². The molecule has 10 nitrogen and oxygen atoms in total. The molecule has 11 heteroatoms. The van der Waals surface area contributed by atoms with Gasteiger partial charge in [0.15, 0.2) is 0 Å². The van der Waals surface area contributed by atoms with E-state index in [0.717, 1.165) is 7.11 Å². The van der Waals surface area contributed by atoms with Crippen LogP contribution in [-0.4, -0.2) is 44.5 Å². The molecule has 1 heterocycles. The molecule has 0 unspecified atom stereocenters. The molecule has 1 aromatic heterocycles. The van der Waals surface area contributed by atoms with Crippen molar-refractivity contribution < 1.29 is 27.5 Å². The first kappa shape index (κ1) is 14.8. The van der Waals surface area contributed by atoms with Crippen molar-refractivity contribution in [3.05, 3.63) is 12.4 Å².